The van der Waals surface area contributed by atoms with Gasteiger partial charge in [0.25, 0.3) is 0 Å². The molecular weight excluding hydrogens is 282 g/mol. The lowest BCUT2D eigenvalue weighted by molar-refractivity contribution is -0.274. The molecule has 0 bridgehead atoms. The highest BCUT2D eigenvalue weighted by molar-refractivity contribution is 5.81. The molecule has 0 aliphatic carbocycles. The van der Waals surface area contributed by atoms with Crippen LogP contribution in [-0.2, 0) is 12.7 Å². The number of halogens is 6. The van der Waals surface area contributed by atoms with Gasteiger partial charge in [-0.25, -0.2) is 4.98 Å². The topological polar surface area (TPSA) is 65.2 Å². The molecule has 0 spiro atoms. The van der Waals surface area contributed by atoms with E-state index < -0.39 is 41.8 Å². The molecule has 0 saturated heterocycles. The molecule has 4 nitrogen and oxygen atoms in total. The molecule has 1 aromatic heterocycles. The molecule has 0 aliphatic rings. The van der Waals surface area contributed by atoms with Crippen LogP contribution in [0.4, 0.5) is 26.3 Å². The van der Waals surface area contributed by atoms with Crippen molar-refractivity contribution >= 4 is 6.29 Å². The van der Waals surface area contributed by atoms with Crippen LogP contribution in [-0.4, -0.2) is 17.6 Å². The lowest BCUT2D eigenvalue weighted by Crippen LogP contribution is -2.21. The first-order valence-corrected chi connectivity index (χ1v) is 4.60. The summed E-state index contributed by atoms with van der Waals surface area (Å²) < 4.78 is 76.8. The zero-order valence-electron chi connectivity index (χ0n) is 8.97. The van der Waals surface area contributed by atoms with Crippen molar-refractivity contribution in [3.63, 3.8) is 0 Å². The van der Waals surface area contributed by atoms with Crippen LogP contribution in [0.3, 0.4) is 0 Å². The number of rotatable bonds is 3. The Balaban J connectivity index is 3.44. The molecular formula is C9H6F6N2O2. The molecule has 0 radical (unpaired) electrons. The minimum atomic E-state index is -5.24. The van der Waals surface area contributed by atoms with Crippen molar-refractivity contribution in [1.29, 1.82) is 0 Å². The fraction of sp³-hybridized carbons (Fsp3) is 0.333. The largest absolute Gasteiger partial charge is 0.573 e. The van der Waals surface area contributed by atoms with Crippen LogP contribution in [0.1, 0.15) is 21.7 Å². The molecule has 0 saturated carbocycles. The molecule has 0 amide bonds. The van der Waals surface area contributed by atoms with Crippen LogP contribution >= 0.6 is 0 Å². The highest BCUT2D eigenvalue weighted by Gasteiger charge is 2.37. The molecule has 106 valence electrons. The standard InChI is InChI=1S/C9H6F6N2O2/c10-8(11,12)7-1-6(19-9(13,14)15)4(3-18)5(2-16)17-7/h1,3H,2,16H2. The van der Waals surface area contributed by atoms with E-state index in [1.54, 1.807) is 0 Å². The van der Waals surface area contributed by atoms with Crippen molar-refractivity contribution in [1.82, 2.24) is 4.98 Å². The Labute approximate surface area is 102 Å². The van der Waals surface area contributed by atoms with E-state index in [1.165, 1.54) is 0 Å². The minimum Gasteiger partial charge on any atom is -0.405 e. The molecule has 1 rings (SSSR count). The number of ether oxygens (including phenoxy) is 1. The number of aromatic nitrogens is 1. The highest BCUT2D eigenvalue weighted by atomic mass is 19.4. The molecule has 1 aromatic rings. The quantitative estimate of drug-likeness (QED) is 0.684. The van der Waals surface area contributed by atoms with E-state index >= 15 is 0 Å². The summed E-state index contributed by atoms with van der Waals surface area (Å²) in [6.07, 6.45) is -10.3. The molecule has 0 aromatic carbocycles. The first-order chi connectivity index (χ1) is 8.58. The van der Waals surface area contributed by atoms with Crippen molar-refractivity contribution in [2.45, 2.75) is 19.1 Å². The van der Waals surface area contributed by atoms with Crippen LogP contribution in [0.25, 0.3) is 0 Å². The molecule has 0 unspecified atom stereocenters. The first kappa shape index (κ1) is 15.2. The molecule has 0 aliphatic heterocycles. The second kappa shape index (κ2) is 5.03. The van der Waals surface area contributed by atoms with Gasteiger partial charge < -0.3 is 10.5 Å². The lowest BCUT2D eigenvalue weighted by atomic mass is 10.1. The summed E-state index contributed by atoms with van der Waals surface area (Å²) in [5.74, 6) is -1.29. The number of carbonyl (C=O) groups is 1. The predicted octanol–water partition coefficient (Wildman–Crippen LogP) is 2.27. The van der Waals surface area contributed by atoms with Gasteiger partial charge in [0.15, 0.2) is 6.29 Å². The number of aldehydes is 1. The third-order valence-corrected chi connectivity index (χ3v) is 1.93. The van der Waals surface area contributed by atoms with Gasteiger partial charge in [0.2, 0.25) is 0 Å². The van der Waals surface area contributed by atoms with E-state index in [-0.39, 0.29) is 12.4 Å². The SMILES string of the molecule is NCc1nc(C(F)(F)F)cc(OC(F)(F)F)c1C=O. The number of alkyl halides is 6. The Kier molecular flexibility index (Phi) is 4.03. The van der Waals surface area contributed by atoms with Crippen molar-refractivity contribution in [3.05, 3.63) is 23.0 Å². The monoisotopic (exact) mass is 288 g/mol. The van der Waals surface area contributed by atoms with Crippen molar-refractivity contribution < 1.29 is 35.9 Å². The van der Waals surface area contributed by atoms with Gasteiger partial charge in [-0.3, -0.25) is 4.79 Å². The number of hydrogen-bond acceptors (Lipinski definition) is 4. The van der Waals surface area contributed by atoms with E-state index in [1.807, 2.05) is 0 Å². The fourth-order valence-corrected chi connectivity index (χ4v) is 1.22. The smallest absolute Gasteiger partial charge is 0.405 e. The zero-order chi connectivity index (χ0) is 14.8. The maximum absolute atomic E-state index is 12.4. The summed E-state index contributed by atoms with van der Waals surface area (Å²) in [7, 11) is 0. The van der Waals surface area contributed by atoms with Gasteiger partial charge in [-0.2, -0.15) is 13.2 Å². The van der Waals surface area contributed by atoms with Crippen LogP contribution in [0.15, 0.2) is 6.07 Å². The third kappa shape index (κ3) is 3.81. The average molecular weight is 288 g/mol. The van der Waals surface area contributed by atoms with Gasteiger partial charge in [-0.1, -0.05) is 0 Å². The van der Waals surface area contributed by atoms with Crippen molar-refractivity contribution in [3.8, 4) is 5.75 Å². The van der Waals surface area contributed by atoms with Gasteiger partial charge >= 0.3 is 12.5 Å². The van der Waals surface area contributed by atoms with Crippen LogP contribution in [0, 0.1) is 0 Å². The maximum Gasteiger partial charge on any atom is 0.573 e. The number of nitrogens with zero attached hydrogens (tertiary/aromatic N) is 1. The molecule has 2 N–H and O–H groups in total. The predicted molar refractivity (Wildman–Crippen MR) is 49.2 cm³/mol. The normalized spacial score (nSPS) is 12.4. The Morgan fingerprint density at radius 3 is 2.21 bits per heavy atom. The van der Waals surface area contributed by atoms with E-state index in [0.29, 0.717) is 0 Å². The van der Waals surface area contributed by atoms with E-state index in [9.17, 15) is 31.1 Å². The summed E-state index contributed by atoms with van der Waals surface area (Å²) in [6.45, 7) is -0.647. The Hall–Kier alpha value is -1.84. The average Bonchev–Trinajstić information content (AvgIpc) is 2.24. The lowest BCUT2D eigenvalue weighted by Gasteiger charge is -2.15. The summed E-state index contributed by atoms with van der Waals surface area (Å²) >= 11 is 0. The number of pyridine rings is 1. The Morgan fingerprint density at radius 1 is 1.26 bits per heavy atom. The second-order valence-corrected chi connectivity index (χ2v) is 3.23. The van der Waals surface area contributed by atoms with Crippen LogP contribution in [0.5, 0.6) is 5.75 Å². The fourth-order valence-electron chi connectivity index (χ4n) is 1.22. The Morgan fingerprint density at radius 2 is 1.84 bits per heavy atom. The van der Waals surface area contributed by atoms with Crippen molar-refractivity contribution in [2.75, 3.05) is 0 Å². The molecule has 0 fully saturated rings. The van der Waals surface area contributed by atoms with Crippen LogP contribution in [0.2, 0.25) is 0 Å². The first-order valence-electron chi connectivity index (χ1n) is 4.60. The number of hydrogen-bond donors (Lipinski definition) is 1. The molecule has 10 heteroatoms. The summed E-state index contributed by atoms with van der Waals surface area (Å²) in [5, 5.41) is 0. The number of carbonyl (C=O) groups excluding carboxylic acids is 1. The van der Waals surface area contributed by atoms with Gasteiger partial charge in [-0.15, -0.1) is 13.2 Å². The summed E-state index contributed by atoms with van der Waals surface area (Å²) in [6, 6.07) is -0.00359. The third-order valence-electron chi connectivity index (χ3n) is 1.93. The number of nitrogens with two attached hydrogens (primary N) is 1. The second-order valence-electron chi connectivity index (χ2n) is 3.23. The van der Waals surface area contributed by atoms with Gasteiger partial charge in [0.05, 0.1) is 11.3 Å². The summed E-state index contributed by atoms with van der Waals surface area (Å²) in [5.41, 5.74) is 2.01. The van der Waals surface area contributed by atoms with Crippen LogP contribution < -0.4 is 10.5 Å². The Bertz CT molecular complexity index is 483. The van der Waals surface area contributed by atoms with Gasteiger partial charge in [0, 0.05) is 12.6 Å². The maximum atomic E-state index is 12.4. The molecule has 0 atom stereocenters. The summed E-state index contributed by atoms with van der Waals surface area (Å²) in [4.78, 5) is 13.6. The zero-order valence-corrected chi connectivity index (χ0v) is 8.97. The molecule has 1 heterocycles. The van der Waals surface area contributed by atoms with Gasteiger partial charge in [-0.05, 0) is 0 Å². The highest BCUT2D eigenvalue weighted by Crippen LogP contribution is 2.34. The molecule has 19 heavy (non-hydrogen) atoms. The van der Waals surface area contributed by atoms with E-state index in [4.69, 9.17) is 5.73 Å². The van der Waals surface area contributed by atoms with Gasteiger partial charge in [0.1, 0.15) is 11.4 Å². The van der Waals surface area contributed by atoms with Crippen molar-refractivity contribution in [2.24, 2.45) is 5.73 Å². The minimum absolute atomic E-state index is 0.00359. The van der Waals surface area contributed by atoms with E-state index in [2.05, 4.69) is 9.72 Å². The van der Waals surface area contributed by atoms with E-state index in [0.717, 1.165) is 0 Å².